The van der Waals surface area contributed by atoms with Crippen LogP contribution < -0.4 is 26.6 Å². The summed E-state index contributed by atoms with van der Waals surface area (Å²) in [7, 11) is 0. The van der Waals surface area contributed by atoms with E-state index in [9.17, 15) is 9.18 Å². The molecule has 214 valence electrons. The predicted octanol–water partition coefficient (Wildman–Crippen LogP) is 1.92. The Bertz CT molecular complexity index is 1210. The van der Waals surface area contributed by atoms with E-state index in [1.165, 1.54) is 12.1 Å². The molecular formula is C27H35FN8O4. The van der Waals surface area contributed by atoms with Gasteiger partial charge in [0.05, 0.1) is 39.6 Å². The van der Waals surface area contributed by atoms with Crippen molar-refractivity contribution in [2.45, 2.75) is 6.54 Å². The van der Waals surface area contributed by atoms with E-state index in [1.54, 1.807) is 30.3 Å². The molecular weight excluding hydrogens is 519 g/mol. The molecule has 1 aliphatic rings. The van der Waals surface area contributed by atoms with Crippen molar-refractivity contribution in [3.63, 3.8) is 0 Å². The van der Waals surface area contributed by atoms with Crippen molar-refractivity contribution in [2.75, 3.05) is 81.4 Å². The van der Waals surface area contributed by atoms with Crippen molar-refractivity contribution in [3.8, 4) is 0 Å². The summed E-state index contributed by atoms with van der Waals surface area (Å²) in [6.45, 7) is 5.49. The molecule has 1 amide bonds. The van der Waals surface area contributed by atoms with Gasteiger partial charge in [0.15, 0.2) is 0 Å². The first-order valence-corrected chi connectivity index (χ1v) is 13.2. The first-order chi connectivity index (χ1) is 19.6. The standard InChI is InChI=1S/C27H35FN8O4/c28-22-6-4-20(5-7-22)19-31-25-33-26(35-27(34-25)36-10-14-40-15-11-36)32-23-3-1-2-21(18-23)24(37)30-9-13-39-17-16-38-12-8-29/h1-7,18H,8-17,19,29H2,(H,30,37)(H2,31,32,33,34,35). The van der Waals surface area contributed by atoms with Crippen LogP contribution in [0.5, 0.6) is 0 Å². The number of nitrogens with one attached hydrogen (secondary N) is 3. The van der Waals surface area contributed by atoms with Crippen molar-refractivity contribution in [1.82, 2.24) is 20.3 Å². The van der Waals surface area contributed by atoms with Crippen LogP contribution in [0.3, 0.4) is 0 Å². The lowest BCUT2D eigenvalue weighted by Crippen LogP contribution is -2.37. The molecule has 1 fully saturated rings. The number of aromatic nitrogens is 3. The molecule has 1 aliphatic heterocycles. The summed E-state index contributed by atoms with van der Waals surface area (Å²) in [5.74, 6) is 0.674. The Hall–Kier alpha value is -3.91. The number of hydrogen-bond donors (Lipinski definition) is 4. The third-order valence-corrected chi connectivity index (χ3v) is 5.83. The fourth-order valence-electron chi connectivity index (χ4n) is 3.80. The summed E-state index contributed by atoms with van der Waals surface area (Å²) >= 11 is 0. The molecule has 1 aromatic heterocycles. The number of amides is 1. The predicted molar refractivity (Wildman–Crippen MR) is 149 cm³/mol. The van der Waals surface area contributed by atoms with E-state index in [4.69, 9.17) is 19.9 Å². The minimum atomic E-state index is -0.293. The van der Waals surface area contributed by atoms with Gasteiger partial charge < -0.3 is 40.8 Å². The monoisotopic (exact) mass is 554 g/mol. The van der Waals surface area contributed by atoms with Crippen molar-refractivity contribution in [2.24, 2.45) is 5.73 Å². The highest BCUT2D eigenvalue weighted by Crippen LogP contribution is 2.20. The maximum atomic E-state index is 13.3. The molecule has 0 unspecified atom stereocenters. The van der Waals surface area contributed by atoms with Crippen LogP contribution in [0.4, 0.5) is 27.9 Å². The molecule has 13 heteroatoms. The molecule has 0 atom stereocenters. The maximum Gasteiger partial charge on any atom is 0.251 e. The first-order valence-electron chi connectivity index (χ1n) is 13.2. The van der Waals surface area contributed by atoms with E-state index in [2.05, 4.69) is 30.9 Å². The minimum absolute atomic E-state index is 0.224. The Morgan fingerprint density at radius 3 is 2.50 bits per heavy atom. The van der Waals surface area contributed by atoms with Gasteiger partial charge in [-0.1, -0.05) is 18.2 Å². The van der Waals surface area contributed by atoms with E-state index < -0.39 is 0 Å². The zero-order valence-corrected chi connectivity index (χ0v) is 22.3. The fraction of sp³-hybridized carbons (Fsp3) is 0.407. The molecule has 5 N–H and O–H groups in total. The van der Waals surface area contributed by atoms with E-state index in [1.807, 2.05) is 11.0 Å². The molecule has 0 aliphatic carbocycles. The molecule has 0 saturated carbocycles. The van der Waals surface area contributed by atoms with Crippen LogP contribution >= 0.6 is 0 Å². The maximum absolute atomic E-state index is 13.3. The number of halogens is 1. The Morgan fingerprint density at radius 2 is 1.73 bits per heavy atom. The van der Waals surface area contributed by atoms with Crippen molar-refractivity contribution in [3.05, 3.63) is 65.5 Å². The quantitative estimate of drug-likeness (QED) is 0.204. The molecule has 2 aromatic carbocycles. The third kappa shape index (κ3) is 9.38. The van der Waals surface area contributed by atoms with Gasteiger partial charge in [-0.05, 0) is 35.9 Å². The van der Waals surface area contributed by atoms with Gasteiger partial charge >= 0.3 is 0 Å². The number of anilines is 4. The first kappa shape index (κ1) is 29.1. The van der Waals surface area contributed by atoms with Crippen molar-refractivity contribution >= 4 is 29.4 Å². The molecule has 0 spiro atoms. The van der Waals surface area contributed by atoms with E-state index >= 15 is 0 Å². The number of nitrogens with two attached hydrogens (primary N) is 1. The Labute approximate surface area is 232 Å². The second kappa shape index (κ2) is 15.6. The number of rotatable bonds is 15. The van der Waals surface area contributed by atoms with Crippen LogP contribution in [0.15, 0.2) is 48.5 Å². The molecule has 3 aromatic rings. The largest absolute Gasteiger partial charge is 0.378 e. The molecule has 12 nitrogen and oxygen atoms in total. The topological polar surface area (TPSA) is 149 Å². The van der Waals surface area contributed by atoms with E-state index in [0.717, 1.165) is 5.56 Å². The van der Waals surface area contributed by atoms with E-state index in [0.29, 0.717) is 101 Å². The van der Waals surface area contributed by atoms with Gasteiger partial charge in [0.2, 0.25) is 17.8 Å². The second-order valence-electron chi connectivity index (χ2n) is 8.84. The van der Waals surface area contributed by atoms with Gasteiger partial charge in [-0.2, -0.15) is 15.0 Å². The van der Waals surface area contributed by atoms with Gasteiger partial charge in [0.1, 0.15) is 5.82 Å². The molecule has 0 bridgehead atoms. The zero-order chi connectivity index (χ0) is 28.0. The van der Waals surface area contributed by atoms with Crippen LogP contribution in [0, 0.1) is 5.82 Å². The minimum Gasteiger partial charge on any atom is -0.378 e. The van der Waals surface area contributed by atoms with Gasteiger partial charge in [0, 0.05) is 44.0 Å². The van der Waals surface area contributed by atoms with Crippen molar-refractivity contribution < 1.29 is 23.4 Å². The van der Waals surface area contributed by atoms with Crippen LogP contribution in [0.1, 0.15) is 15.9 Å². The lowest BCUT2D eigenvalue weighted by Gasteiger charge is -2.27. The number of hydrogen-bond acceptors (Lipinski definition) is 11. The highest BCUT2D eigenvalue weighted by molar-refractivity contribution is 5.95. The number of ether oxygens (including phenoxy) is 3. The van der Waals surface area contributed by atoms with Crippen LogP contribution in [-0.2, 0) is 20.8 Å². The number of carbonyl (C=O) groups excluding carboxylic acids is 1. The van der Waals surface area contributed by atoms with Crippen LogP contribution in [-0.4, -0.2) is 86.7 Å². The number of carbonyl (C=O) groups is 1. The molecule has 1 saturated heterocycles. The lowest BCUT2D eigenvalue weighted by molar-refractivity contribution is 0.0511. The smallest absolute Gasteiger partial charge is 0.251 e. The lowest BCUT2D eigenvalue weighted by atomic mass is 10.2. The second-order valence-corrected chi connectivity index (χ2v) is 8.84. The van der Waals surface area contributed by atoms with Crippen molar-refractivity contribution in [1.29, 1.82) is 0 Å². The summed E-state index contributed by atoms with van der Waals surface area (Å²) in [6, 6.07) is 13.3. The molecule has 0 radical (unpaired) electrons. The summed E-state index contributed by atoms with van der Waals surface area (Å²) in [5.41, 5.74) is 7.37. The third-order valence-electron chi connectivity index (χ3n) is 5.83. The van der Waals surface area contributed by atoms with Crippen LogP contribution in [0.2, 0.25) is 0 Å². The fourth-order valence-corrected chi connectivity index (χ4v) is 3.80. The summed E-state index contributed by atoms with van der Waals surface area (Å²) < 4.78 is 29.4. The number of benzene rings is 2. The van der Waals surface area contributed by atoms with Crippen LogP contribution in [0.25, 0.3) is 0 Å². The van der Waals surface area contributed by atoms with Gasteiger partial charge in [-0.15, -0.1) is 0 Å². The molecule has 2 heterocycles. The summed E-state index contributed by atoms with van der Waals surface area (Å²) in [6.07, 6.45) is 0. The Morgan fingerprint density at radius 1 is 0.975 bits per heavy atom. The number of nitrogens with zero attached hydrogens (tertiary/aromatic N) is 4. The Kier molecular flexibility index (Phi) is 11.4. The summed E-state index contributed by atoms with van der Waals surface area (Å²) in [5, 5.41) is 9.22. The average molecular weight is 555 g/mol. The summed E-state index contributed by atoms with van der Waals surface area (Å²) in [4.78, 5) is 28.4. The zero-order valence-electron chi connectivity index (χ0n) is 22.3. The van der Waals surface area contributed by atoms with Gasteiger partial charge in [0.25, 0.3) is 5.91 Å². The highest BCUT2D eigenvalue weighted by atomic mass is 19.1. The average Bonchev–Trinajstić information content (AvgIpc) is 2.98. The normalized spacial score (nSPS) is 13.2. The van der Waals surface area contributed by atoms with Gasteiger partial charge in [-0.3, -0.25) is 4.79 Å². The number of morpholine rings is 1. The SMILES string of the molecule is NCCOCCOCCNC(=O)c1cccc(Nc2nc(NCc3ccc(F)cc3)nc(N3CCOCC3)n2)c1. The van der Waals surface area contributed by atoms with E-state index in [-0.39, 0.29) is 11.7 Å². The van der Waals surface area contributed by atoms with Gasteiger partial charge in [-0.25, -0.2) is 4.39 Å². The molecule has 4 rings (SSSR count). The Balaban J connectivity index is 1.38. The highest BCUT2D eigenvalue weighted by Gasteiger charge is 2.17. The molecule has 40 heavy (non-hydrogen) atoms.